The van der Waals surface area contributed by atoms with E-state index in [1.54, 1.807) is 13.2 Å². The van der Waals surface area contributed by atoms with Crippen molar-refractivity contribution in [2.45, 2.75) is 20.0 Å². The van der Waals surface area contributed by atoms with E-state index in [9.17, 15) is 0 Å². The second-order valence-corrected chi connectivity index (χ2v) is 4.91. The first-order chi connectivity index (χ1) is 10.8. The molecule has 0 unspecified atom stereocenters. The fourth-order valence-electron chi connectivity index (χ4n) is 2.33. The van der Waals surface area contributed by atoms with Crippen LogP contribution in [0.15, 0.2) is 47.1 Å². The molecule has 0 aliphatic carbocycles. The molecule has 0 bridgehead atoms. The predicted octanol–water partition coefficient (Wildman–Crippen LogP) is 2.47. The van der Waals surface area contributed by atoms with Gasteiger partial charge in [0.05, 0.1) is 25.5 Å². The molecule has 22 heavy (non-hydrogen) atoms. The van der Waals surface area contributed by atoms with Crippen LogP contribution in [0.2, 0.25) is 0 Å². The van der Waals surface area contributed by atoms with Gasteiger partial charge in [-0.15, -0.1) is 0 Å². The van der Waals surface area contributed by atoms with Gasteiger partial charge >= 0.3 is 0 Å². The highest BCUT2D eigenvalue weighted by molar-refractivity contribution is 5.35. The highest BCUT2D eigenvalue weighted by Gasteiger charge is 2.09. The molecule has 3 rings (SSSR count). The lowest BCUT2D eigenvalue weighted by Crippen LogP contribution is -2.15. The summed E-state index contributed by atoms with van der Waals surface area (Å²) in [4.78, 5) is 4.40. The van der Waals surface area contributed by atoms with E-state index in [0.29, 0.717) is 19.0 Å². The number of methoxy groups -OCH3 is 1. The van der Waals surface area contributed by atoms with Crippen LogP contribution >= 0.6 is 0 Å². The number of aryl methyl sites for hydroxylation is 1. The summed E-state index contributed by atoms with van der Waals surface area (Å²) in [5.41, 5.74) is 2.20. The molecule has 6 nitrogen and oxygen atoms in total. The number of nitrogens with one attached hydrogen (secondary N) is 1. The number of para-hydroxylation sites is 1. The molecule has 2 heterocycles. The van der Waals surface area contributed by atoms with Crippen LogP contribution in [0.25, 0.3) is 5.69 Å². The zero-order valence-electron chi connectivity index (χ0n) is 12.6. The Morgan fingerprint density at radius 1 is 1.23 bits per heavy atom. The Balaban J connectivity index is 1.68. The third-order valence-corrected chi connectivity index (χ3v) is 3.38. The number of rotatable bonds is 6. The van der Waals surface area contributed by atoms with Gasteiger partial charge in [-0.05, 0) is 24.2 Å². The Labute approximate surface area is 128 Å². The average Bonchev–Trinajstić information content (AvgIpc) is 3.15. The third kappa shape index (κ3) is 3.01. The molecular weight excluding hydrogens is 280 g/mol. The molecule has 0 radical (unpaired) electrons. The second-order valence-electron chi connectivity index (χ2n) is 4.91. The lowest BCUT2D eigenvalue weighted by molar-refractivity contribution is 0.322. The lowest BCUT2D eigenvalue weighted by Gasteiger charge is -2.10. The highest BCUT2D eigenvalue weighted by Crippen LogP contribution is 2.15. The first kappa shape index (κ1) is 14.3. The van der Waals surface area contributed by atoms with Crippen molar-refractivity contribution in [2.24, 2.45) is 0 Å². The number of hydrogen-bond acceptors (Lipinski definition) is 5. The van der Waals surface area contributed by atoms with E-state index < -0.39 is 0 Å². The molecular formula is C16H18N4O2. The van der Waals surface area contributed by atoms with Crippen LogP contribution in [0.3, 0.4) is 0 Å². The molecule has 0 aliphatic heterocycles. The van der Waals surface area contributed by atoms with Crippen LogP contribution < -0.4 is 10.1 Å². The maximum atomic E-state index is 5.15. The molecule has 6 heteroatoms. The van der Waals surface area contributed by atoms with Gasteiger partial charge < -0.3 is 14.6 Å². The van der Waals surface area contributed by atoms with E-state index in [1.807, 2.05) is 31.3 Å². The number of aromatic nitrogens is 3. The van der Waals surface area contributed by atoms with Crippen LogP contribution in [0.1, 0.15) is 17.3 Å². The Hall–Kier alpha value is -2.60. The quantitative estimate of drug-likeness (QED) is 0.757. The maximum Gasteiger partial charge on any atom is 0.254 e. The van der Waals surface area contributed by atoms with Crippen LogP contribution in [-0.4, -0.2) is 21.8 Å². The van der Waals surface area contributed by atoms with Crippen LogP contribution in [0.5, 0.6) is 5.88 Å². The van der Waals surface area contributed by atoms with Crippen molar-refractivity contribution in [1.82, 2.24) is 20.0 Å². The summed E-state index contributed by atoms with van der Waals surface area (Å²) < 4.78 is 12.3. The third-order valence-electron chi connectivity index (χ3n) is 3.38. The van der Waals surface area contributed by atoms with Crippen LogP contribution in [0, 0.1) is 6.92 Å². The SMILES string of the molecule is COc1cc(CNCc2cnc(C)n2-c2ccccc2)on1. The van der Waals surface area contributed by atoms with Crippen LogP contribution in [0.4, 0.5) is 0 Å². The van der Waals surface area contributed by atoms with E-state index in [1.165, 1.54) is 0 Å². The van der Waals surface area contributed by atoms with Gasteiger partial charge in [0.15, 0.2) is 5.76 Å². The standard InChI is InChI=1S/C16H18N4O2/c1-12-18-10-14(20(12)13-6-4-3-5-7-13)9-17-11-15-8-16(21-2)19-22-15/h3-8,10,17H,9,11H2,1-2H3. The van der Waals surface area contributed by atoms with Crippen molar-refractivity contribution in [2.75, 3.05) is 7.11 Å². The zero-order valence-corrected chi connectivity index (χ0v) is 12.6. The number of hydrogen-bond donors (Lipinski definition) is 1. The summed E-state index contributed by atoms with van der Waals surface area (Å²) in [6.07, 6.45) is 1.89. The number of ether oxygens (including phenoxy) is 1. The van der Waals surface area contributed by atoms with Gasteiger partial charge in [0, 0.05) is 18.3 Å². The van der Waals surface area contributed by atoms with Crippen LogP contribution in [-0.2, 0) is 13.1 Å². The number of nitrogens with zero attached hydrogens (tertiary/aromatic N) is 3. The van der Waals surface area contributed by atoms with Gasteiger partial charge in [0.25, 0.3) is 5.88 Å². The Morgan fingerprint density at radius 2 is 2.05 bits per heavy atom. The number of benzene rings is 1. The summed E-state index contributed by atoms with van der Waals surface area (Å²) in [5.74, 6) is 2.19. The fourth-order valence-corrected chi connectivity index (χ4v) is 2.33. The monoisotopic (exact) mass is 298 g/mol. The first-order valence-corrected chi connectivity index (χ1v) is 7.07. The second kappa shape index (κ2) is 6.44. The van der Waals surface area contributed by atoms with E-state index >= 15 is 0 Å². The zero-order chi connectivity index (χ0) is 15.4. The highest BCUT2D eigenvalue weighted by atomic mass is 16.5. The average molecular weight is 298 g/mol. The minimum Gasteiger partial charge on any atom is -0.479 e. The molecule has 0 fully saturated rings. The molecule has 0 amide bonds. The van der Waals surface area contributed by atoms with Crippen molar-refractivity contribution in [3.63, 3.8) is 0 Å². The minimum absolute atomic E-state index is 0.488. The normalized spacial score (nSPS) is 10.8. The van der Waals surface area contributed by atoms with E-state index in [4.69, 9.17) is 9.26 Å². The van der Waals surface area contributed by atoms with Crippen molar-refractivity contribution in [1.29, 1.82) is 0 Å². The Morgan fingerprint density at radius 3 is 2.77 bits per heavy atom. The summed E-state index contributed by atoms with van der Waals surface area (Å²) in [6.45, 7) is 3.26. The molecule has 0 atom stereocenters. The molecule has 0 saturated heterocycles. The van der Waals surface area contributed by atoms with Crippen molar-refractivity contribution in [3.05, 3.63) is 59.9 Å². The van der Waals surface area contributed by atoms with Crippen molar-refractivity contribution in [3.8, 4) is 11.6 Å². The van der Waals surface area contributed by atoms with Gasteiger partial charge in [0.1, 0.15) is 5.82 Å². The molecule has 3 aromatic rings. The lowest BCUT2D eigenvalue weighted by atomic mass is 10.3. The summed E-state index contributed by atoms with van der Waals surface area (Å²) in [7, 11) is 1.57. The Bertz CT molecular complexity index is 734. The van der Waals surface area contributed by atoms with Crippen molar-refractivity contribution >= 4 is 0 Å². The molecule has 1 aromatic carbocycles. The Kier molecular flexibility index (Phi) is 4.20. The van der Waals surface area contributed by atoms with Crippen molar-refractivity contribution < 1.29 is 9.26 Å². The van der Waals surface area contributed by atoms with Gasteiger partial charge in [0.2, 0.25) is 0 Å². The summed E-state index contributed by atoms with van der Waals surface area (Å²) >= 11 is 0. The van der Waals surface area contributed by atoms with Gasteiger partial charge in [-0.2, -0.15) is 0 Å². The van der Waals surface area contributed by atoms with Gasteiger partial charge in [-0.1, -0.05) is 18.2 Å². The first-order valence-electron chi connectivity index (χ1n) is 7.07. The maximum absolute atomic E-state index is 5.15. The topological polar surface area (TPSA) is 65.1 Å². The fraction of sp³-hybridized carbons (Fsp3) is 0.250. The molecule has 2 aromatic heterocycles. The van der Waals surface area contributed by atoms with E-state index in [2.05, 4.69) is 32.2 Å². The molecule has 0 spiro atoms. The van der Waals surface area contributed by atoms with Gasteiger partial charge in [-0.25, -0.2) is 4.98 Å². The molecule has 0 aliphatic rings. The predicted molar refractivity (Wildman–Crippen MR) is 81.9 cm³/mol. The van der Waals surface area contributed by atoms with E-state index in [0.717, 1.165) is 23.0 Å². The molecule has 114 valence electrons. The smallest absolute Gasteiger partial charge is 0.254 e. The van der Waals surface area contributed by atoms with E-state index in [-0.39, 0.29) is 0 Å². The van der Waals surface area contributed by atoms with Gasteiger partial charge in [-0.3, -0.25) is 4.57 Å². The summed E-state index contributed by atoms with van der Waals surface area (Å²) in [6, 6.07) is 12.0. The largest absolute Gasteiger partial charge is 0.479 e. The number of imidazole rings is 1. The minimum atomic E-state index is 0.488. The molecule has 0 saturated carbocycles. The molecule has 1 N–H and O–H groups in total. The summed E-state index contributed by atoms with van der Waals surface area (Å²) in [5, 5.41) is 7.10.